The first-order chi connectivity index (χ1) is 12.0. The first-order valence-electron chi connectivity index (χ1n) is 8.94. The predicted molar refractivity (Wildman–Crippen MR) is 99.3 cm³/mol. The summed E-state index contributed by atoms with van der Waals surface area (Å²) in [6.07, 6.45) is 8.60. The summed E-state index contributed by atoms with van der Waals surface area (Å²) in [5, 5.41) is 11.9. The van der Waals surface area contributed by atoms with Gasteiger partial charge in [0.2, 0.25) is 5.91 Å². The molecule has 0 heterocycles. The summed E-state index contributed by atoms with van der Waals surface area (Å²) in [4.78, 5) is 23.7. The molecule has 4 heteroatoms. The van der Waals surface area contributed by atoms with Crippen LogP contribution in [0.2, 0.25) is 0 Å². The van der Waals surface area contributed by atoms with Crippen molar-refractivity contribution in [1.29, 1.82) is 0 Å². The Bertz CT molecular complexity index is 625. The van der Waals surface area contributed by atoms with Crippen LogP contribution in [0.1, 0.15) is 54.4 Å². The van der Waals surface area contributed by atoms with Crippen LogP contribution in [0.15, 0.2) is 49.1 Å². The average molecular weight is 341 g/mol. The summed E-state index contributed by atoms with van der Waals surface area (Å²) in [6, 6.07) is 6.56. The van der Waals surface area contributed by atoms with Crippen molar-refractivity contribution in [1.82, 2.24) is 5.32 Å². The van der Waals surface area contributed by atoms with E-state index >= 15 is 0 Å². The lowest BCUT2D eigenvalue weighted by molar-refractivity contribution is -0.125. The molecule has 1 aliphatic carbocycles. The number of carbonyl (C=O) groups is 2. The lowest BCUT2D eigenvalue weighted by Gasteiger charge is -2.26. The van der Waals surface area contributed by atoms with Gasteiger partial charge in [-0.15, -0.1) is 0 Å². The second-order valence-electron chi connectivity index (χ2n) is 6.73. The Morgan fingerprint density at radius 1 is 1.16 bits per heavy atom. The second-order valence-corrected chi connectivity index (χ2v) is 6.73. The van der Waals surface area contributed by atoms with Crippen molar-refractivity contribution in [2.45, 2.75) is 45.1 Å². The van der Waals surface area contributed by atoms with E-state index in [-0.39, 0.29) is 17.4 Å². The van der Waals surface area contributed by atoms with E-state index in [1.54, 1.807) is 30.3 Å². The Kier molecular flexibility index (Phi) is 6.99. The molecule has 1 amide bonds. The van der Waals surface area contributed by atoms with Crippen LogP contribution >= 0.6 is 0 Å². The molecule has 2 rings (SSSR count). The van der Waals surface area contributed by atoms with Crippen molar-refractivity contribution in [3.63, 3.8) is 0 Å². The van der Waals surface area contributed by atoms with E-state index < -0.39 is 5.97 Å². The Morgan fingerprint density at radius 3 is 2.28 bits per heavy atom. The summed E-state index contributed by atoms with van der Waals surface area (Å²) < 4.78 is 0. The SMILES string of the molecule is C=CC(=C)C(C(=O)NCc1ccc(C(=O)O)cc1)C1CCCCCC1. The summed E-state index contributed by atoms with van der Waals surface area (Å²) in [6.45, 7) is 8.22. The lowest BCUT2D eigenvalue weighted by Crippen LogP contribution is -2.35. The zero-order valence-corrected chi connectivity index (χ0v) is 14.7. The molecule has 1 saturated carbocycles. The van der Waals surface area contributed by atoms with Gasteiger partial charge < -0.3 is 10.4 Å². The molecule has 0 spiro atoms. The molecule has 1 aliphatic rings. The van der Waals surface area contributed by atoms with Crippen LogP contribution in [0.4, 0.5) is 0 Å². The highest BCUT2D eigenvalue weighted by atomic mass is 16.4. The minimum absolute atomic E-state index is 0.0147. The fraction of sp³-hybridized carbons (Fsp3) is 0.429. The Hall–Kier alpha value is -2.36. The molecule has 0 bridgehead atoms. The van der Waals surface area contributed by atoms with Gasteiger partial charge in [0.15, 0.2) is 0 Å². The first-order valence-corrected chi connectivity index (χ1v) is 8.94. The third-order valence-corrected chi connectivity index (χ3v) is 4.98. The standard InChI is InChI=1S/C21H27NO3/c1-3-15(2)19(17-8-6-4-5-7-9-17)20(23)22-14-16-10-12-18(13-11-16)21(24)25/h3,10-13,17,19H,1-2,4-9,14H2,(H,22,23)(H,24,25). The fourth-order valence-corrected chi connectivity index (χ4v) is 3.52. The van der Waals surface area contributed by atoms with Crippen LogP contribution in [-0.4, -0.2) is 17.0 Å². The van der Waals surface area contributed by atoms with Crippen LogP contribution in [-0.2, 0) is 11.3 Å². The highest BCUT2D eigenvalue weighted by Gasteiger charge is 2.29. The zero-order valence-electron chi connectivity index (χ0n) is 14.7. The van der Waals surface area contributed by atoms with Gasteiger partial charge in [-0.05, 0) is 42.0 Å². The van der Waals surface area contributed by atoms with Crippen LogP contribution < -0.4 is 5.32 Å². The lowest BCUT2D eigenvalue weighted by atomic mass is 9.81. The number of nitrogens with one attached hydrogen (secondary N) is 1. The van der Waals surface area contributed by atoms with E-state index in [0.717, 1.165) is 36.8 Å². The van der Waals surface area contributed by atoms with Crippen LogP contribution in [0.3, 0.4) is 0 Å². The minimum Gasteiger partial charge on any atom is -0.478 e. The number of rotatable bonds is 7. The Balaban J connectivity index is 2.02. The van der Waals surface area contributed by atoms with Gasteiger partial charge in [0.05, 0.1) is 11.5 Å². The smallest absolute Gasteiger partial charge is 0.335 e. The molecule has 1 fully saturated rings. The largest absolute Gasteiger partial charge is 0.478 e. The van der Waals surface area contributed by atoms with Gasteiger partial charge >= 0.3 is 5.97 Å². The second kappa shape index (κ2) is 9.21. The summed E-state index contributed by atoms with van der Waals surface area (Å²) in [5.74, 6) is -0.873. The maximum atomic E-state index is 12.8. The molecule has 0 saturated heterocycles. The molecule has 2 N–H and O–H groups in total. The van der Waals surface area contributed by atoms with Crippen LogP contribution in [0.25, 0.3) is 0 Å². The number of hydrogen-bond acceptors (Lipinski definition) is 2. The number of carboxylic acid groups (broad SMARTS) is 1. The van der Waals surface area contributed by atoms with Crippen molar-refractivity contribution in [2.24, 2.45) is 11.8 Å². The van der Waals surface area contributed by atoms with E-state index in [0.29, 0.717) is 12.5 Å². The summed E-state index contributed by atoms with van der Waals surface area (Å²) in [5.41, 5.74) is 1.90. The molecule has 0 aromatic heterocycles. The third-order valence-electron chi connectivity index (χ3n) is 4.98. The molecule has 4 nitrogen and oxygen atoms in total. The Morgan fingerprint density at radius 2 is 1.76 bits per heavy atom. The van der Waals surface area contributed by atoms with Gasteiger partial charge in [-0.2, -0.15) is 0 Å². The van der Waals surface area contributed by atoms with E-state index in [1.165, 1.54) is 12.8 Å². The molecule has 1 atom stereocenters. The monoisotopic (exact) mass is 341 g/mol. The first kappa shape index (κ1) is 19.0. The average Bonchev–Trinajstić information content (AvgIpc) is 2.89. The van der Waals surface area contributed by atoms with Crippen LogP contribution in [0, 0.1) is 11.8 Å². The molecular formula is C21H27NO3. The molecule has 1 aromatic carbocycles. The predicted octanol–water partition coefficient (Wildman–Crippen LogP) is 4.33. The van der Waals surface area contributed by atoms with E-state index in [4.69, 9.17) is 5.11 Å². The molecule has 25 heavy (non-hydrogen) atoms. The van der Waals surface area contributed by atoms with E-state index in [9.17, 15) is 9.59 Å². The van der Waals surface area contributed by atoms with Gasteiger partial charge in [0.1, 0.15) is 0 Å². The Labute approximate surface area is 149 Å². The van der Waals surface area contributed by atoms with Gasteiger partial charge in [-0.1, -0.05) is 57.0 Å². The number of carbonyl (C=O) groups excluding carboxylic acids is 1. The molecule has 1 aromatic rings. The van der Waals surface area contributed by atoms with Gasteiger partial charge in [-0.25, -0.2) is 4.79 Å². The van der Waals surface area contributed by atoms with Crippen molar-refractivity contribution in [2.75, 3.05) is 0 Å². The van der Waals surface area contributed by atoms with Crippen molar-refractivity contribution < 1.29 is 14.7 Å². The molecular weight excluding hydrogens is 314 g/mol. The maximum absolute atomic E-state index is 12.8. The molecule has 0 radical (unpaired) electrons. The minimum atomic E-state index is -0.953. The van der Waals surface area contributed by atoms with Crippen molar-refractivity contribution >= 4 is 11.9 Å². The fourth-order valence-electron chi connectivity index (χ4n) is 3.52. The van der Waals surface area contributed by atoms with Gasteiger partial charge in [-0.3, -0.25) is 4.79 Å². The van der Waals surface area contributed by atoms with E-state index in [1.807, 2.05) is 0 Å². The number of amides is 1. The molecule has 1 unspecified atom stereocenters. The number of hydrogen-bond donors (Lipinski definition) is 2. The topological polar surface area (TPSA) is 66.4 Å². The van der Waals surface area contributed by atoms with Gasteiger partial charge in [0, 0.05) is 6.54 Å². The van der Waals surface area contributed by atoms with Crippen molar-refractivity contribution in [3.8, 4) is 0 Å². The number of benzene rings is 1. The van der Waals surface area contributed by atoms with Crippen molar-refractivity contribution in [3.05, 3.63) is 60.2 Å². The van der Waals surface area contributed by atoms with E-state index in [2.05, 4.69) is 18.5 Å². The van der Waals surface area contributed by atoms with Gasteiger partial charge in [0.25, 0.3) is 0 Å². The number of allylic oxidation sites excluding steroid dienone is 1. The summed E-state index contributed by atoms with van der Waals surface area (Å²) >= 11 is 0. The maximum Gasteiger partial charge on any atom is 0.335 e. The number of aromatic carboxylic acids is 1. The molecule has 0 aliphatic heterocycles. The quantitative estimate of drug-likeness (QED) is 0.573. The number of carboxylic acids is 1. The highest BCUT2D eigenvalue weighted by molar-refractivity contribution is 5.87. The third kappa shape index (κ3) is 5.31. The summed E-state index contributed by atoms with van der Waals surface area (Å²) in [7, 11) is 0. The van der Waals surface area contributed by atoms with Crippen LogP contribution in [0.5, 0.6) is 0 Å². The molecule has 134 valence electrons. The highest BCUT2D eigenvalue weighted by Crippen LogP contribution is 2.33. The normalized spacial score (nSPS) is 16.5. The zero-order chi connectivity index (χ0) is 18.2.